The zero-order valence-corrected chi connectivity index (χ0v) is 20.1. The Bertz CT molecular complexity index is 1090. The van der Waals surface area contributed by atoms with E-state index >= 15 is 0 Å². The number of non-ortho nitro benzene ring substituents is 2. The first kappa shape index (κ1) is 27.8. The van der Waals surface area contributed by atoms with Crippen LogP contribution < -0.4 is 10.9 Å². The monoisotopic (exact) mass is 496 g/mol. The number of hydrazone groups is 2. The lowest BCUT2D eigenvalue weighted by molar-refractivity contribution is -0.385. The van der Waals surface area contributed by atoms with Crippen LogP contribution in [0.5, 0.6) is 0 Å². The molecule has 12 nitrogen and oxygen atoms in total. The van der Waals surface area contributed by atoms with Gasteiger partial charge in [-0.1, -0.05) is 37.1 Å². The van der Waals surface area contributed by atoms with Gasteiger partial charge in [-0.15, -0.1) is 0 Å². The van der Waals surface area contributed by atoms with Crippen LogP contribution in [0.3, 0.4) is 0 Å². The van der Waals surface area contributed by atoms with Crippen molar-refractivity contribution in [2.75, 3.05) is 0 Å². The van der Waals surface area contributed by atoms with Crippen LogP contribution in [0.1, 0.15) is 63.5 Å². The second kappa shape index (κ2) is 14.0. The Morgan fingerprint density at radius 1 is 0.722 bits per heavy atom. The molecule has 0 saturated carbocycles. The fourth-order valence-electron chi connectivity index (χ4n) is 3.15. The second-order valence-electron chi connectivity index (χ2n) is 7.99. The molecule has 2 aromatic rings. The molecule has 0 aromatic heterocycles. The van der Waals surface area contributed by atoms with Crippen LogP contribution in [0.25, 0.3) is 0 Å². The number of rotatable bonds is 13. The summed E-state index contributed by atoms with van der Waals surface area (Å²) in [6.45, 7) is 3.30. The standard InChI is InChI=1S/C24H28N6O6/c1-17(19-9-7-11-21(15-19)29(33)34)25-27-23(31)13-5-3-4-6-14-24(32)28-26-18(2)20-10-8-12-22(16-20)30(35)36/h7-12,15-16H,3-6,13-14H2,1-2H3,(H,27,31)(H,28,32). The number of nitrogens with zero attached hydrogens (tertiary/aromatic N) is 4. The molecule has 0 fully saturated rings. The molecule has 0 aliphatic heterocycles. The highest BCUT2D eigenvalue weighted by Gasteiger charge is 2.09. The summed E-state index contributed by atoms with van der Waals surface area (Å²) in [6, 6.07) is 12.0. The summed E-state index contributed by atoms with van der Waals surface area (Å²) in [6.07, 6.45) is 3.30. The topological polar surface area (TPSA) is 169 Å². The van der Waals surface area contributed by atoms with E-state index in [-0.39, 0.29) is 36.0 Å². The van der Waals surface area contributed by atoms with E-state index in [1.165, 1.54) is 24.3 Å². The Labute approximate surface area is 207 Å². The van der Waals surface area contributed by atoms with Gasteiger partial charge in [-0.2, -0.15) is 10.2 Å². The molecule has 0 radical (unpaired) electrons. The molecule has 0 atom stereocenters. The zero-order chi connectivity index (χ0) is 26.5. The minimum absolute atomic E-state index is 0.0496. The van der Waals surface area contributed by atoms with Crippen molar-refractivity contribution >= 4 is 34.6 Å². The van der Waals surface area contributed by atoms with Crippen LogP contribution in [0.4, 0.5) is 11.4 Å². The average Bonchev–Trinajstić information content (AvgIpc) is 2.87. The predicted molar refractivity (Wildman–Crippen MR) is 135 cm³/mol. The maximum Gasteiger partial charge on any atom is 0.270 e. The molecule has 0 heterocycles. The summed E-state index contributed by atoms with van der Waals surface area (Å²) >= 11 is 0. The van der Waals surface area contributed by atoms with E-state index in [2.05, 4.69) is 21.1 Å². The number of benzene rings is 2. The highest BCUT2D eigenvalue weighted by molar-refractivity contribution is 6.00. The minimum atomic E-state index is -0.492. The molecule has 0 saturated heterocycles. The van der Waals surface area contributed by atoms with Crippen LogP contribution >= 0.6 is 0 Å². The minimum Gasteiger partial charge on any atom is -0.273 e. The largest absolute Gasteiger partial charge is 0.273 e. The lowest BCUT2D eigenvalue weighted by Crippen LogP contribution is -2.19. The van der Waals surface area contributed by atoms with Crippen molar-refractivity contribution in [3.8, 4) is 0 Å². The maximum absolute atomic E-state index is 12.0. The molecule has 0 aliphatic carbocycles. The SMILES string of the molecule is CC(=NNC(=O)CCCCCCC(=O)NN=C(C)c1cccc([N+](=O)[O-])c1)c1cccc([N+](=O)[O-])c1. The molecule has 2 aromatic carbocycles. The number of carbonyl (C=O) groups excluding carboxylic acids is 2. The third kappa shape index (κ3) is 9.41. The van der Waals surface area contributed by atoms with Crippen molar-refractivity contribution in [3.63, 3.8) is 0 Å². The summed E-state index contributed by atoms with van der Waals surface area (Å²) in [5.74, 6) is -0.521. The van der Waals surface area contributed by atoms with Gasteiger partial charge in [-0.3, -0.25) is 29.8 Å². The summed E-state index contributed by atoms with van der Waals surface area (Å²) in [5.41, 5.74) is 6.82. The van der Waals surface area contributed by atoms with Gasteiger partial charge in [0.05, 0.1) is 21.3 Å². The van der Waals surface area contributed by atoms with Crippen molar-refractivity contribution < 1.29 is 19.4 Å². The van der Waals surface area contributed by atoms with E-state index in [1.807, 2.05) is 0 Å². The Kier molecular flexibility index (Phi) is 10.8. The van der Waals surface area contributed by atoms with Crippen molar-refractivity contribution in [3.05, 3.63) is 79.9 Å². The van der Waals surface area contributed by atoms with Crippen LogP contribution in [0.2, 0.25) is 0 Å². The van der Waals surface area contributed by atoms with Gasteiger partial charge in [0.1, 0.15) is 0 Å². The van der Waals surface area contributed by atoms with Crippen molar-refractivity contribution in [2.24, 2.45) is 10.2 Å². The molecule has 36 heavy (non-hydrogen) atoms. The molecule has 2 amide bonds. The van der Waals surface area contributed by atoms with Gasteiger partial charge in [0.15, 0.2) is 0 Å². The summed E-state index contributed by atoms with van der Waals surface area (Å²) in [7, 11) is 0. The molecular formula is C24H28N6O6. The van der Waals surface area contributed by atoms with Crippen LogP contribution in [-0.2, 0) is 9.59 Å². The smallest absolute Gasteiger partial charge is 0.270 e. The fourth-order valence-corrected chi connectivity index (χ4v) is 3.15. The van der Waals surface area contributed by atoms with E-state index < -0.39 is 9.85 Å². The summed E-state index contributed by atoms with van der Waals surface area (Å²) < 4.78 is 0. The summed E-state index contributed by atoms with van der Waals surface area (Å²) in [4.78, 5) is 44.7. The van der Waals surface area contributed by atoms with Crippen LogP contribution in [0.15, 0.2) is 58.7 Å². The molecule has 0 unspecified atom stereocenters. The van der Waals surface area contributed by atoms with E-state index in [0.717, 1.165) is 12.8 Å². The Morgan fingerprint density at radius 3 is 1.47 bits per heavy atom. The van der Waals surface area contributed by atoms with Gasteiger partial charge in [0.25, 0.3) is 11.4 Å². The number of hydrogen-bond acceptors (Lipinski definition) is 8. The molecule has 0 bridgehead atoms. The van der Waals surface area contributed by atoms with Gasteiger partial charge < -0.3 is 0 Å². The first-order chi connectivity index (χ1) is 17.2. The number of carbonyl (C=O) groups is 2. The lowest BCUT2D eigenvalue weighted by atomic mass is 10.1. The fraction of sp³-hybridized carbons (Fsp3) is 0.333. The Morgan fingerprint density at radius 2 is 1.11 bits per heavy atom. The third-order valence-electron chi connectivity index (χ3n) is 5.20. The average molecular weight is 497 g/mol. The van der Waals surface area contributed by atoms with Crippen LogP contribution in [-0.4, -0.2) is 33.1 Å². The van der Waals surface area contributed by atoms with Gasteiger partial charge in [-0.05, 0) is 26.7 Å². The first-order valence-electron chi connectivity index (χ1n) is 11.3. The zero-order valence-electron chi connectivity index (χ0n) is 20.1. The molecule has 2 rings (SSSR count). The van der Waals surface area contributed by atoms with Crippen molar-refractivity contribution in [2.45, 2.75) is 52.4 Å². The normalized spacial score (nSPS) is 11.6. The lowest BCUT2D eigenvalue weighted by Gasteiger charge is -2.04. The number of nitro groups is 2. The third-order valence-corrected chi connectivity index (χ3v) is 5.20. The summed E-state index contributed by atoms with van der Waals surface area (Å²) in [5, 5.41) is 29.7. The number of unbranched alkanes of at least 4 members (excludes halogenated alkanes) is 3. The Hall–Kier alpha value is -4.48. The Balaban J connectivity index is 1.64. The van der Waals surface area contributed by atoms with Crippen molar-refractivity contribution in [1.29, 1.82) is 0 Å². The molecule has 0 spiro atoms. The number of hydrogen-bond donors (Lipinski definition) is 2. The van der Waals surface area contributed by atoms with Gasteiger partial charge in [0, 0.05) is 48.2 Å². The maximum atomic E-state index is 12.0. The number of nitro benzene ring substituents is 2. The highest BCUT2D eigenvalue weighted by atomic mass is 16.6. The second-order valence-corrected chi connectivity index (χ2v) is 7.99. The van der Waals surface area contributed by atoms with Gasteiger partial charge in [-0.25, -0.2) is 10.9 Å². The van der Waals surface area contributed by atoms with Crippen LogP contribution in [0, 0.1) is 20.2 Å². The predicted octanol–water partition coefficient (Wildman–Crippen LogP) is 4.22. The van der Waals surface area contributed by atoms with E-state index in [4.69, 9.17) is 0 Å². The molecule has 12 heteroatoms. The number of nitrogens with one attached hydrogen (secondary N) is 2. The molecule has 0 aliphatic rings. The van der Waals surface area contributed by atoms with Gasteiger partial charge >= 0.3 is 0 Å². The molecule has 190 valence electrons. The molecule has 2 N–H and O–H groups in total. The van der Waals surface area contributed by atoms with Crippen molar-refractivity contribution in [1.82, 2.24) is 10.9 Å². The van der Waals surface area contributed by atoms with E-state index in [1.54, 1.807) is 38.1 Å². The van der Waals surface area contributed by atoms with E-state index in [0.29, 0.717) is 35.4 Å². The molecular weight excluding hydrogens is 468 g/mol. The quantitative estimate of drug-likeness (QED) is 0.182. The first-order valence-corrected chi connectivity index (χ1v) is 11.3. The van der Waals surface area contributed by atoms with E-state index in [9.17, 15) is 29.8 Å². The number of amides is 2. The highest BCUT2D eigenvalue weighted by Crippen LogP contribution is 2.15. The van der Waals surface area contributed by atoms with Gasteiger partial charge in [0.2, 0.25) is 11.8 Å².